The molecule has 1 unspecified atom stereocenters. The Morgan fingerprint density at radius 3 is 2.45 bits per heavy atom. The van der Waals surface area contributed by atoms with Crippen LogP contribution in [0, 0.1) is 0 Å². The average molecular weight is 525 g/mol. The lowest BCUT2D eigenvalue weighted by Gasteiger charge is -2.43. The molecule has 2 aromatic carbocycles. The first-order valence-electron chi connectivity index (χ1n) is 12.5. The molecule has 3 aliphatic heterocycles. The summed E-state index contributed by atoms with van der Waals surface area (Å²) in [6.07, 6.45) is -2.42. The van der Waals surface area contributed by atoms with Crippen LogP contribution in [0.25, 0.3) is 0 Å². The van der Waals surface area contributed by atoms with Gasteiger partial charge < -0.3 is 28.6 Å². The Morgan fingerprint density at radius 1 is 1.05 bits per heavy atom. The van der Waals surface area contributed by atoms with E-state index in [1.165, 1.54) is 6.92 Å². The summed E-state index contributed by atoms with van der Waals surface area (Å²) in [5, 5.41) is 0. The summed E-state index contributed by atoms with van der Waals surface area (Å²) >= 11 is 0. The minimum atomic E-state index is -0.837. The number of methoxy groups -OCH3 is 2. The van der Waals surface area contributed by atoms with Gasteiger partial charge in [-0.05, 0) is 50.6 Å². The van der Waals surface area contributed by atoms with E-state index in [9.17, 15) is 14.4 Å². The number of urea groups is 1. The van der Waals surface area contributed by atoms with Crippen molar-refractivity contribution < 1.29 is 38.1 Å². The van der Waals surface area contributed by atoms with Crippen molar-refractivity contribution in [3.63, 3.8) is 0 Å². The molecule has 5 rings (SSSR count). The fourth-order valence-corrected chi connectivity index (χ4v) is 5.36. The molecule has 3 amide bonds. The fraction of sp³-hybridized carbons (Fsp3) is 0.464. The molecule has 2 aromatic rings. The molecule has 0 bridgehead atoms. The van der Waals surface area contributed by atoms with Crippen LogP contribution in [0.2, 0.25) is 0 Å². The van der Waals surface area contributed by atoms with Crippen LogP contribution in [0.15, 0.2) is 48.5 Å². The number of fused-ring (bicyclic) bond motifs is 1. The standard InChI is InChI=1S/C28H32N2O8/c1-16(31)18-7-6-8-19(13-18)30-22(32)14-21(23-24(35-5)25-26(36-23)38-28(2,3)37-25)29(27(30)33)15-17-9-11-20(34-4)12-10-17/h6-13,21,23-26H,14-15H2,1-5H3/t21?,23-,24+,25-,26-/m1/s1. The molecule has 5 atom stereocenters. The molecule has 0 aliphatic carbocycles. The van der Waals surface area contributed by atoms with Crippen molar-refractivity contribution in [3.8, 4) is 5.75 Å². The van der Waals surface area contributed by atoms with Crippen LogP contribution < -0.4 is 9.64 Å². The Kier molecular flexibility index (Phi) is 6.99. The van der Waals surface area contributed by atoms with E-state index in [1.54, 1.807) is 57.2 Å². The zero-order valence-electron chi connectivity index (χ0n) is 22.1. The zero-order chi connectivity index (χ0) is 27.2. The van der Waals surface area contributed by atoms with Crippen molar-refractivity contribution in [2.45, 2.75) is 70.2 Å². The summed E-state index contributed by atoms with van der Waals surface area (Å²) in [5.41, 5.74) is 1.60. The number of hydrogen-bond donors (Lipinski definition) is 0. The molecule has 0 aromatic heterocycles. The van der Waals surface area contributed by atoms with Gasteiger partial charge in [-0.15, -0.1) is 0 Å². The molecule has 0 saturated carbocycles. The highest BCUT2D eigenvalue weighted by Gasteiger charge is 2.59. The maximum atomic E-state index is 14.0. The lowest BCUT2D eigenvalue weighted by molar-refractivity contribution is -0.223. The van der Waals surface area contributed by atoms with Gasteiger partial charge in [-0.2, -0.15) is 0 Å². The minimum Gasteiger partial charge on any atom is -0.497 e. The summed E-state index contributed by atoms with van der Waals surface area (Å²) in [6.45, 7) is 5.25. The quantitative estimate of drug-likeness (QED) is 0.507. The van der Waals surface area contributed by atoms with Crippen molar-refractivity contribution in [1.82, 2.24) is 4.90 Å². The summed E-state index contributed by atoms with van der Waals surface area (Å²) in [4.78, 5) is 42.2. The number of Topliss-reactive ketones (excluding diaryl/α,β-unsaturated/α-hetero) is 1. The van der Waals surface area contributed by atoms with E-state index >= 15 is 0 Å². The van der Waals surface area contributed by atoms with Gasteiger partial charge in [0.05, 0.1) is 25.3 Å². The SMILES string of the molecule is COc1ccc(CN2C(=O)N(c3cccc(C(C)=O)c3)C(=O)CC2[C@H]2O[C@@H]3OC(C)(C)O[C@@H]3[C@H]2OC)cc1. The van der Waals surface area contributed by atoms with Crippen molar-refractivity contribution in [1.29, 1.82) is 0 Å². The fourth-order valence-electron chi connectivity index (χ4n) is 5.36. The molecule has 0 N–H and O–H groups in total. The van der Waals surface area contributed by atoms with Crippen LogP contribution in [-0.2, 0) is 30.3 Å². The lowest BCUT2D eigenvalue weighted by atomic mass is 9.95. The Balaban J connectivity index is 1.49. The number of carbonyl (C=O) groups is 3. The third-order valence-corrected chi connectivity index (χ3v) is 7.17. The van der Waals surface area contributed by atoms with Gasteiger partial charge in [-0.3, -0.25) is 9.59 Å². The predicted molar refractivity (Wildman–Crippen MR) is 136 cm³/mol. The normalized spacial score (nSPS) is 28.5. The molecule has 3 saturated heterocycles. The van der Waals surface area contributed by atoms with Crippen molar-refractivity contribution in [3.05, 3.63) is 59.7 Å². The number of nitrogens with zero attached hydrogens (tertiary/aromatic N) is 2. The molecule has 10 nitrogen and oxygen atoms in total. The van der Waals surface area contributed by atoms with Crippen LogP contribution in [0.3, 0.4) is 0 Å². The molecule has 202 valence electrons. The van der Waals surface area contributed by atoms with E-state index < -0.39 is 48.4 Å². The second-order valence-corrected chi connectivity index (χ2v) is 10.1. The molecule has 0 spiro atoms. The Hall–Kier alpha value is -3.31. The van der Waals surface area contributed by atoms with E-state index in [2.05, 4.69) is 0 Å². The number of rotatable bonds is 7. The van der Waals surface area contributed by atoms with Gasteiger partial charge in [0.15, 0.2) is 17.9 Å². The molecule has 38 heavy (non-hydrogen) atoms. The molecule has 10 heteroatoms. The second-order valence-electron chi connectivity index (χ2n) is 10.1. The Labute approximate surface area is 221 Å². The number of carbonyl (C=O) groups excluding carboxylic acids is 3. The van der Waals surface area contributed by atoms with Crippen LogP contribution in [0.5, 0.6) is 5.75 Å². The first kappa shape index (κ1) is 26.3. The van der Waals surface area contributed by atoms with Gasteiger partial charge in [0.1, 0.15) is 24.1 Å². The Morgan fingerprint density at radius 2 is 1.79 bits per heavy atom. The summed E-state index contributed by atoms with van der Waals surface area (Å²) in [5.74, 6) is -0.703. The highest BCUT2D eigenvalue weighted by Crippen LogP contribution is 2.42. The number of ketones is 1. The minimum absolute atomic E-state index is 0.0143. The van der Waals surface area contributed by atoms with Crippen LogP contribution in [0.1, 0.15) is 43.1 Å². The van der Waals surface area contributed by atoms with Crippen LogP contribution >= 0.6 is 0 Å². The van der Waals surface area contributed by atoms with E-state index in [1.807, 2.05) is 24.3 Å². The first-order chi connectivity index (χ1) is 18.1. The van der Waals surface area contributed by atoms with Gasteiger partial charge in [0.25, 0.3) is 0 Å². The number of hydrogen-bond acceptors (Lipinski definition) is 8. The topological polar surface area (TPSA) is 104 Å². The van der Waals surface area contributed by atoms with Gasteiger partial charge in [-0.1, -0.05) is 24.3 Å². The summed E-state index contributed by atoms with van der Waals surface area (Å²) in [7, 11) is 3.14. The van der Waals surface area contributed by atoms with Crippen molar-refractivity contribution in [2.24, 2.45) is 0 Å². The van der Waals surface area contributed by atoms with Crippen molar-refractivity contribution in [2.75, 3.05) is 19.1 Å². The maximum absolute atomic E-state index is 14.0. The zero-order valence-corrected chi connectivity index (χ0v) is 22.1. The van der Waals surface area contributed by atoms with Gasteiger partial charge in [0, 0.05) is 19.2 Å². The molecule has 3 heterocycles. The number of ether oxygens (including phenoxy) is 5. The smallest absolute Gasteiger partial charge is 0.332 e. The molecule has 3 aliphatic rings. The van der Waals surface area contributed by atoms with Crippen molar-refractivity contribution >= 4 is 23.4 Å². The average Bonchev–Trinajstić information content (AvgIpc) is 3.37. The third kappa shape index (κ3) is 4.80. The first-order valence-corrected chi connectivity index (χ1v) is 12.5. The molecular weight excluding hydrogens is 492 g/mol. The number of imide groups is 1. The Bertz CT molecular complexity index is 1230. The monoisotopic (exact) mass is 524 g/mol. The second kappa shape index (κ2) is 10.1. The highest BCUT2D eigenvalue weighted by atomic mass is 16.8. The largest absolute Gasteiger partial charge is 0.497 e. The van der Waals surface area contributed by atoms with E-state index in [4.69, 9.17) is 23.7 Å². The van der Waals surface area contributed by atoms with Gasteiger partial charge in [0.2, 0.25) is 5.91 Å². The van der Waals surface area contributed by atoms with E-state index in [0.29, 0.717) is 17.0 Å². The van der Waals surface area contributed by atoms with Crippen LogP contribution in [0.4, 0.5) is 10.5 Å². The maximum Gasteiger partial charge on any atom is 0.332 e. The number of anilines is 1. The predicted octanol–water partition coefficient (Wildman–Crippen LogP) is 3.52. The summed E-state index contributed by atoms with van der Waals surface area (Å²) < 4.78 is 29.3. The third-order valence-electron chi connectivity index (χ3n) is 7.17. The molecule has 0 radical (unpaired) electrons. The summed E-state index contributed by atoms with van der Waals surface area (Å²) in [6, 6.07) is 12.7. The van der Waals surface area contributed by atoms with E-state index in [0.717, 1.165) is 10.5 Å². The van der Waals surface area contributed by atoms with E-state index in [-0.39, 0.29) is 18.7 Å². The lowest BCUT2D eigenvalue weighted by Crippen LogP contribution is -2.62. The number of amides is 3. The molecular formula is C28H32N2O8. The van der Waals surface area contributed by atoms with Gasteiger partial charge >= 0.3 is 6.03 Å². The highest BCUT2D eigenvalue weighted by molar-refractivity contribution is 6.16. The van der Waals surface area contributed by atoms with Crippen LogP contribution in [-0.4, -0.2) is 73.3 Å². The van der Waals surface area contributed by atoms with Gasteiger partial charge in [-0.25, -0.2) is 9.69 Å². The molecule has 3 fully saturated rings. The number of benzene rings is 2.